The van der Waals surface area contributed by atoms with Crippen molar-refractivity contribution in [2.75, 3.05) is 50.7 Å². The molecule has 0 bridgehead atoms. The Labute approximate surface area is 652 Å². The van der Waals surface area contributed by atoms with Gasteiger partial charge in [0.15, 0.2) is 16.7 Å². The van der Waals surface area contributed by atoms with E-state index in [0.717, 1.165) is 93.7 Å². The molecule has 4 atom stereocenters. The summed E-state index contributed by atoms with van der Waals surface area (Å²) in [6.07, 6.45) is 28.7. The van der Waals surface area contributed by atoms with Gasteiger partial charge in [-0.3, -0.25) is 0 Å². The van der Waals surface area contributed by atoms with E-state index in [1.54, 1.807) is 0 Å². The summed E-state index contributed by atoms with van der Waals surface area (Å²) in [5, 5.41) is 7.35. The maximum atomic E-state index is 8.12. The van der Waals surface area contributed by atoms with Gasteiger partial charge in [0.1, 0.15) is 16.6 Å². The van der Waals surface area contributed by atoms with Crippen LogP contribution in [0.1, 0.15) is 225 Å². The van der Waals surface area contributed by atoms with Gasteiger partial charge in [-0.05, 0) is 213 Å². The van der Waals surface area contributed by atoms with Crippen molar-refractivity contribution in [3.8, 4) is 0 Å². The number of nitrogens with one attached hydrogen (secondary N) is 2. The second-order valence-corrected chi connectivity index (χ2v) is 30.4. The molecule has 0 amide bonds. The van der Waals surface area contributed by atoms with Gasteiger partial charge in [-0.15, -0.1) is 0 Å². The smallest absolute Gasteiger partial charge is 0.870 e. The molecule has 6 saturated carbocycles. The van der Waals surface area contributed by atoms with Crippen LogP contribution in [0.4, 0.5) is 46.2 Å². The van der Waals surface area contributed by atoms with Crippen LogP contribution in [0.3, 0.4) is 0 Å². The molecule has 21 heteroatoms. The second kappa shape index (κ2) is 43.1. The molecule has 6 aliphatic carbocycles. The number of hydrogen-bond acceptors (Lipinski definition) is 19. The van der Waals surface area contributed by atoms with Crippen molar-refractivity contribution in [3.63, 3.8) is 0 Å². The number of nitrogens with zero attached hydrogens (tertiary/aromatic N) is 6. The van der Waals surface area contributed by atoms with Crippen molar-refractivity contribution < 1.29 is 77.1 Å². The van der Waals surface area contributed by atoms with Crippen molar-refractivity contribution in [1.82, 2.24) is 15.0 Å². The minimum absolute atomic E-state index is 0. The summed E-state index contributed by atoms with van der Waals surface area (Å²) in [6, 6.07) is 47.6. The molecule has 0 spiro atoms. The zero-order valence-electron chi connectivity index (χ0n) is 63.7. The summed E-state index contributed by atoms with van der Waals surface area (Å²) in [6.45, 7) is 21.8. The Morgan fingerprint density at radius 2 is 0.783 bits per heavy atom. The molecule has 15 rings (SSSR count). The van der Waals surface area contributed by atoms with Crippen LogP contribution >= 0.6 is 11.6 Å². The van der Waals surface area contributed by atoms with Gasteiger partial charge in [0.05, 0.1) is 34.1 Å². The van der Waals surface area contributed by atoms with E-state index in [1.807, 2.05) is 72.8 Å². The molecule has 106 heavy (non-hydrogen) atoms. The molecule has 9 aromatic rings. The SMILES string of the molecule is CC(C)CN(c1ccc(C2CC2)cc1Nc1nc2ccccc2o1)C1CCCCC1.CCC1CC1c1ccc(N(CC(C)C)C2CCCCC2)c(N)c1.CCC1CC1c1ccc(N(CC(C)C)C2CCCCC2)c(Nc2nc3ccccc3o2)c1.Clc1nc2ccccc2o1.O=C=O.O=C=O.O=C=O.[Na+].[OH-]. The number of carbonyl (C=O) groups excluding carboxylic acids is 6. The van der Waals surface area contributed by atoms with E-state index in [1.165, 1.54) is 169 Å². The molecular formula is C85H109ClN9NaO10. The number of nitrogens with two attached hydrogens (primary N) is 1. The summed E-state index contributed by atoms with van der Waals surface area (Å²) in [4.78, 5) is 70.0. The molecule has 3 heterocycles. The van der Waals surface area contributed by atoms with Gasteiger partial charge in [0.2, 0.25) is 0 Å². The molecule has 6 aliphatic rings. The number of fused-ring (bicyclic) bond motifs is 3. The first-order chi connectivity index (χ1) is 50.5. The number of benzene rings is 6. The van der Waals surface area contributed by atoms with Crippen LogP contribution in [0.15, 0.2) is 141 Å². The van der Waals surface area contributed by atoms with E-state index in [2.05, 4.69) is 145 Å². The average molecular weight is 1480 g/mol. The van der Waals surface area contributed by atoms with Gasteiger partial charge in [0, 0.05) is 37.8 Å². The number of nitrogen functional groups attached to an aromatic ring is 1. The van der Waals surface area contributed by atoms with Crippen LogP contribution in [0.5, 0.6) is 0 Å². The van der Waals surface area contributed by atoms with Crippen molar-refractivity contribution in [2.45, 2.75) is 226 Å². The van der Waals surface area contributed by atoms with Crippen LogP contribution in [-0.2, 0) is 28.8 Å². The van der Waals surface area contributed by atoms with Gasteiger partial charge in [-0.2, -0.15) is 43.7 Å². The third kappa shape index (κ3) is 24.7. The van der Waals surface area contributed by atoms with E-state index >= 15 is 0 Å². The number of hydrogen-bond donors (Lipinski definition) is 3. The number of rotatable bonds is 21. The maximum Gasteiger partial charge on any atom is 1.00 e. The zero-order chi connectivity index (χ0) is 74.1. The fourth-order valence-corrected chi connectivity index (χ4v) is 15.8. The Morgan fingerprint density at radius 3 is 1.12 bits per heavy atom. The van der Waals surface area contributed by atoms with E-state index in [-0.39, 0.29) is 58.8 Å². The van der Waals surface area contributed by atoms with Gasteiger partial charge < -0.3 is 49.8 Å². The average Bonchev–Trinajstić information content (AvgIpc) is 1.62. The molecule has 5 N–H and O–H groups in total. The molecule has 0 aliphatic heterocycles. The Kier molecular flexibility index (Phi) is 34.6. The van der Waals surface area contributed by atoms with Gasteiger partial charge in [-0.25, -0.2) is 0 Å². The summed E-state index contributed by atoms with van der Waals surface area (Å²) < 4.78 is 17.1. The summed E-state index contributed by atoms with van der Waals surface area (Å²) in [5.41, 5.74) is 23.0. The second-order valence-electron chi connectivity index (χ2n) is 30.1. The molecule has 4 unspecified atom stereocenters. The fraction of sp³-hybridized carbons (Fsp3) is 0.506. The molecule has 0 radical (unpaired) electrons. The van der Waals surface area contributed by atoms with E-state index in [4.69, 9.17) is 64.3 Å². The van der Waals surface area contributed by atoms with Gasteiger partial charge >= 0.3 is 48.0 Å². The van der Waals surface area contributed by atoms with E-state index in [9.17, 15) is 0 Å². The zero-order valence-corrected chi connectivity index (χ0v) is 66.5. The summed E-state index contributed by atoms with van der Waals surface area (Å²) >= 11 is 5.51. The van der Waals surface area contributed by atoms with Gasteiger partial charge in [-0.1, -0.05) is 181 Å². The summed E-state index contributed by atoms with van der Waals surface area (Å²) in [7, 11) is 0. The Balaban J connectivity index is 0.000000197. The number of para-hydroxylation sites is 6. The molecule has 0 saturated heterocycles. The van der Waals surface area contributed by atoms with Crippen LogP contribution < -0.4 is 60.6 Å². The topological polar surface area (TPSA) is 270 Å². The summed E-state index contributed by atoms with van der Waals surface area (Å²) in [5.74, 6) is 5.82. The third-order valence-corrected chi connectivity index (χ3v) is 21.1. The minimum Gasteiger partial charge on any atom is -0.870 e. The van der Waals surface area contributed by atoms with Crippen LogP contribution in [0.2, 0.25) is 5.35 Å². The van der Waals surface area contributed by atoms with Crippen molar-refractivity contribution in [3.05, 3.63) is 149 Å². The van der Waals surface area contributed by atoms with Crippen LogP contribution in [0.25, 0.3) is 33.3 Å². The van der Waals surface area contributed by atoms with E-state index < -0.39 is 0 Å². The molecule has 6 fully saturated rings. The Bertz CT molecular complexity index is 4100. The molecular weight excluding hydrogens is 1370 g/mol. The van der Waals surface area contributed by atoms with Crippen molar-refractivity contribution in [2.24, 2.45) is 29.6 Å². The Morgan fingerprint density at radius 1 is 0.453 bits per heavy atom. The standard InChI is InChI=1S/C28H37N3O.C26H33N3O.C21H34N2.C7H4ClNO.3CO2.Na.H2O/c1-4-20-16-23(20)21-14-15-26(31(18-19(2)3)22-10-6-5-7-11-22)25(17-21)30-28-29-24-12-8-9-13-27(24)32-28;1-18(2)17-29(21-8-4-3-5-9-21)24-15-14-20(19-12-13-19)16-23(24)28-26-27-22-10-6-7-11-25(22)30-26;1-4-16-12-19(16)17-10-11-21(20(22)13-17)23(14-15(2)3)18-8-6-5-7-9-18;8-7-9-5-3-1-2-4-6(5)10-7;3*2-1-3;;/h8-9,12-15,17,19-20,22-23H,4-7,10-11,16,18H2,1-3H3,(H,29,30);6-7,10-11,14-16,18-19,21H,3-5,8-9,12-13,17H2,1-2H3,(H,27,28);10-11,13,15-16,18-19H,4-9,12,14,22H2,1-3H3;1-4H;;;;;1H2/q;;;;;;;+1;/p-1. The molecule has 562 valence electrons. The molecule has 3 aromatic heterocycles. The first kappa shape index (κ1) is 85.2. The predicted molar refractivity (Wildman–Crippen MR) is 416 cm³/mol. The number of halogens is 1. The largest absolute Gasteiger partial charge is 1.00 e. The molecule has 19 nitrogen and oxygen atoms in total. The van der Waals surface area contributed by atoms with Crippen molar-refractivity contribution >= 4 is 110 Å². The molecule has 6 aromatic carbocycles. The quantitative estimate of drug-likeness (QED) is 0.0445. The Hall–Kier alpha value is -8.08. The van der Waals surface area contributed by atoms with Crippen molar-refractivity contribution in [1.29, 1.82) is 0 Å². The third-order valence-electron chi connectivity index (χ3n) is 20.9. The predicted octanol–water partition coefficient (Wildman–Crippen LogP) is 18.3. The van der Waals surface area contributed by atoms with Gasteiger partial charge in [0.25, 0.3) is 17.4 Å². The fourth-order valence-electron chi connectivity index (χ4n) is 15.6. The number of anilines is 8. The first-order valence-electron chi connectivity index (χ1n) is 38.2. The van der Waals surface area contributed by atoms with Crippen LogP contribution in [-0.4, -0.2) is 76.6 Å². The van der Waals surface area contributed by atoms with Crippen LogP contribution in [0, 0.1) is 29.6 Å². The maximum absolute atomic E-state index is 8.12. The monoisotopic (exact) mass is 1470 g/mol. The first-order valence-corrected chi connectivity index (χ1v) is 38.6. The normalized spacial score (nSPS) is 18.0. The van der Waals surface area contributed by atoms with E-state index in [0.29, 0.717) is 53.8 Å². The number of oxazole rings is 3. The minimum atomic E-state index is 0. The number of aromatic nitrogens is 3.